The molecule has 6 heteroatoms. The van der Waals surface area contributed by atoms with E-state index in [1.807, 2.05) is 0 Å². The van der Waals surface area contributed by atoms with E-state index in [4.69, 9.17) is 9.47 Å². The first kappa shape index (κ1) is 48.9. The molecule has 6 nitrogen and oxygen atoms in total. The molecule has 0 aliphatic heterocycles. The molecule has 1 saturated carbocycles. The van der Waals surface area contributed by atoms with E-state index in [1.165, 1.54) is 154 Å². The van der Waals surface area contributed by atoms with Gasteiger partial charge >= 0.3 is 11.9 Å². The second kappa shape index (κ2) is 35.6. The van der Waals surface area contributed by atoms with Crippen LogP contribution in [-0.2, 0) is 19.1 Å². The van der Waals surface area contributed by atoms with E-state index in [0.717, 1.165) is 64.6 Å². The smallest absolute Gasteiger partial charge is 0.305 e. The lowest BCUT2D eigenvalue weighted by molar-refractivity contribution is -0.145. The number of hydrogen-bond acceptors (Lipinski definition) is 6. The standard InChI is InChI=1S/C46H89NO5/c1-4-7-10-13-14-18-27-41-51-44(49)30-21-16-15-17-23-37-47(39-25-26-40-48)38-24-22-33-46(35-36-46)34-31-45(50)52-42-32-43(28-19-11-8-5-2)29-20-12-9-6-3/h43,48H,4-42H2,1-3H3. The number of unbranched alkanes of at least 4 members (excludes halogenated alkanes) is 18. The zero-order valence-electron chi connectivity index (χ0n) is 35.2. The van der Waals surface area contributed by atoms with Crippen molar-refractivity contribution >= 4 is 11.9 Å². The summed E-state index contributed by atoms with van der Waals surface area (Å²) in [6, 6.07) is 0. The van der Waals surface area contributed by atoms with Crippen LogP contribution in [0.5, 0.6) is 0 Å². The van der Waals surface area contributed by atoms with Gasteiger partial charge in [0.05, 0.1) is 13.2 Å². The largest absolute Gasteiger partial charge is 0.466 e. The van der Waals surface area contributed by atoms with Crippen LogP contribution in [0.1, 0.15) is 233 Å². The Hall–Kier alpha value is -1.14. The van der Waals surface area contributed by atoms with Gasteiger partial charge in [-0.3, -0.25) is 9.59 Å². The second-order valence-corrected chi connectivity index (χ2v) is 16.7. The molecule has 0 bridgehead atoms. The lowest BCUT2D eigenvalue weighted by Crippen LogP contribution is -2.27. The first-order valence-corrected chi connectivity index (χ1v) is 23.1. The Morgan fingerprint density at radius 2 is 1.00 bits per heavy atom. The Bertz CT molecular complexity index is 788. The van der Waals surface area contributed by atoms with E-state index in [2.05, 4.69) is 25.7 Å². The Kier molecular flexibility index (Phi) is 33.4. The highest BCUT2D eigenvalue weighted by Crippen LogP contribution is 2.53. The van der Waals surface area contributed by atoms with Gasteiger partial charge in [-0.15, -0.1) is 0 Å². The molecule has 0 heterocycles. The first-order chi connectivity index (χ1) is 25.5. The molecule has 1 aliphatic rings. The van der Waals surface area contributed by atoms with Crippen molar-refractivity contribution in [1.29, 1.82) is 0 Å². The molecule has 308 valence electrons. The molecule has 1 aliphatic carbocycles. The van der Waals surface area contributed by atoms with Crippen molar-refractivity contribution in [3.05, 3.63) is 0 Å². The van der Waals surface area contributed by atoms with Crippen LogP contribution in [0, 0.1) is 11.3 Å². The van der Waals surface area contributed by atoms with Gasteiger partial charge in [0.1, 0.15) is 0 Å². The van der Waals surface area contributed by atoms with Gasteiger partial charge < -0.3 is 19.5 Å². The molecule has 52 heavy (non-hydrogen) atoms. The third-order valence-corrected chi connectivity index (χ3v) is 11.7. The zero-order valence-corrected chi connectivity index (χ0v) is 35.2. The maximum absolute atomic E-state index is 12.7. The van der Waals surface area contributed by atoms with Crippen LogP contribution in [0.2, 0.25) is 0 Å². The van der Waals surface area contributed by atoms with Crippen molar-refractivity contribution in [3.63, 3.8) is 0 Å². The third kappa shape index (κ3) is 30.2. The summed E-state index contributed by atoms with van der Waals surface area (Å²) < 4.78 is 11.2. The van der Waals surface area contributed by atoms with Crippen LogP contribution in [-0.4, -0.2) is 61.4 Å². The van der Waals surface area contributed by atoms with Crippen molar-refractivity contribution in [3.8, 4) is 0 Å². The van der Waals surface area contributed by atoms with Gasteiger partial charge in [-0.25, -0.2) is 0 Å². The molecular weight excluding hydrogens is 647 g/mol. The number of aliphatic hydroxyl groups excluding tert-OH is 1. The topological polar surface area (TPSA) is 76.1 Å². The number of carbonyl (C=O) groups is 2. The minimum atomic E-state index is -0.0192. The molecule has 0 spiro atoms. The number of hydrogen-bond donors (Lipinski definition) is 1. The number of nitrogens with zero attached hydrogens (tertiary/aromatic N) is 1. The summed E-state index contributed by atoms with van der Waals surface area (Å²) in [5, 5.41) is 9.31. The SMILES string of the molecule is CCCCCCCCCOC(=O)CCCCCCCN(CCCCO)CCCCC1(CCC(=O)OCCC(CCCCCC)CCCCCC)CC1. The Balaban J connectivity index is 2.18. The van der Waals surface area contributed by atoms with Gasteiger partial charge in [-0.2, -0.15) is 0 Å². The van der Waals surface area contributed by atoms with Crippen LogP contribution >= 0.6 is 0 Å². The van der Waals surface area contributed by atoms with E-state index in [-0.39, 0.29) is 18.5 Å². The van der Waals surface area contributed by atoms with Gasteiger partial charge in [-0.1, -0.05) is 149 Å². The molecule has 0 atom stereocenters. The van der Waals surface area contributed by atoms with Gasteiger partial charge in [0.25, 0.3) is 0 Å². The van der Waals surface area contributed by atoms with Crippen molar-refractivity contribution in [2.24, 2.45) is 11.3 Å². The lowest BCUT2D eigenvalue weighted by Gasteiger charge is -2.23. The number of ether oxygens (including phenoxy) is 2. The van der Waals surface area contributed by atoms with E-state index < -0.39 is 0 Å². The van der Waals surface area contributed by atoms with Gasteiger partial charge in [-0.05, 0) is 102 Å². The highest BCUT2D eigenvalue weighted by atomic mass is 16.5. The summed E-state index contributed by atoms with van der Waals surface area (Å²) in [4.78, 5) is 27.3. The predicted molar refractivity (Wildman–Crippen MR) is 221 cm³/mol. The number of carbonyl (C=O) groups excluding carboxylic acids is 2. The molecule has 0 saturated heterocycles. The minimum absolute atomic E-state index is 0.0192. The Labute approximate surface area is 323 Å². The molecule has 1 fully saturated rings. The maximum Gasteiger partial charge on any atom is 0.305 e. The van der Waals surface area contributed by atoms with Gasteiger partial charge in [0.2, 0.25) is 0 Å². The third-order valence-electron chi connectivity index (χ3n) is 11.7. The second-order valence-electron chi connectivity index (χ2n) is 16.7. The molecule has 0 aromatic rings. The van der Waals surface area contributed by atoms with Crippen molar-refractivity contribution in [2.45, 2.75) is 233 Å². The van der Waals surface area contributed by atoms with Crippen molar-refractivity contribution in [1.82, 2.24) is 4.90 Å². The van der Waals surface area contributed by atoms with Gasteiger partial charge in [0.15, 0.2) is 0 Å². The molecule has 0 unspecified atom stereocenters. The molecule has 1 rings (SSSR count). The lowest BCUT2D eigenvalue weighted by atomic mass is 9.92. The van der Waals surface area contributed by atoms with E-state index >= 15 is 0 Å². The van der Waals surface area contributed by atoms with E-state index in [9.17, 15) is 14.7 Å². The summed E-state index contributed by atoms with van der Waals surface area (Å²) in [5.74, 6) is 0.719. The quantitative estimate of drug-likeness (QED) is 0.0498. The number of aliphatic hydroxyl groups is 1. The summed E-state index contributed by atoms with van der Waals surface area (Å²) >= 11 is 0. The summed E-state index contributed by atoms with van der Waals surface area (Å²) in [5.41, 5.74) is 0.391. The van der Waals surface area contributed by atoms with Crippen LogP contribution in [0.25, 0.3) is 0 Å². The normalized spacial score (nSPS) is 13.7. The number of rotatable bonds is 41. The first-order valence-electron chi connectivity index (χ1n) is 23.1. The summed E-state index contributed by atoms with van der Waals surface area (Å²) in [7, 11) is 0. The van der Waals surface area contributed by atoms with Crippen LogP contribution < -0.4 is 0 Å². The van der Waals surface area contributed by atoms with Crippen molar-refractivity contribution in [2.75, 3.05) is 39.5 Å². The molecule has 0 aromatic carbocycles. The Morgan fingerprint density at radius 1 is 0.519 bits per heavy atom. The predicted octanol–water partition coefficient (Wildman–Crippen LogP) is 12.9. The Morgan fingerprint density at radius 3 is 1.60 bits per heavy atom. The molecule has 0 amide bonds. The highest BCUT2D eigenvalue weighted by Gasteiger charge is 2.41. The molecule has 1 N–H and O–H groups in total. The van der Waals surface area contributed by atoms with E-state index in [1.54, 1.807) is 0 Å². The minimum Gasteiger partial charge on any atom is -0.466 e. The fraction of sp³-hybridized carbons (Fsp3) is 0.957. The fourth-order valence-electron chi connectivity index (χ4n) is 7.80. The van der Waals surface area contributed by atoms with Crippen LogP contribution in [0.4, 0.5) is 0 Å². The van der Waals surface area contributed by atoms with E-state index in [0.29, 0.717) is 37.4 Å². The van der Waals surface area contributed by atoms with Gasteiger partial charge in [0, 0.05) is 19.4 Å². The monoisotopic (exact) mass is 736 g/mol. The zero-order chi connectivity index (χ0) is 37.8. The maximum atomic E-state index is 12.7. The highest BCUT2D eigenvalue weighted by molar-refractivity contribution is 5.69. The van der Waals surface area contributed by atoms with Crippen LogP contribution in [0.3, 0.4) is 0 Å². The number of esters is 2. The molecular formula is C46H89NO5. The fourth-order valence-corrected chi connectivity index (χ4v) is 7.80. The van der Waals surface area contributed by atoms with Crippen LogP contribution in [0.15, 0.2) is 0 Å². The summed E-state index contributed by atoms with van der Waals surface area (Å²) in [6.07, 6.45) is 38.8. The average Bonchev–Trinajstić information content (AvgIpc) is 3.92. The van der Waals surface area contributed by atoms with Crippen molar-refractivity contribution < 1.29 is 24.2 Å². The average molecular weight is 736 g/mol. The molecule has 0 radical (unpaired) electrons. The summed E-state index contributed by atoms with van der Waals surface area (Å²) in [6.45, 7) is 11.6. The molecule has 0 aromatic heterocycles.